The van der Waals surface area contributed by atoms with Gasteiger partial charge >= 0.3 is 0 Å². The molecule has 0 aliphatic rings. The zero-order valence-corrected chi connectivity index (χ0v) is 16.9. The van der Waals surface area contributed by atoms with Crippen LogP contribution in [0.2, 0.25) is 0 Å². The summed E-state index contributed by atoms with van der Waals surface area (Å²) < 4.78 is 14.4. The predicted molar refractivity (Wildman–Crippen MR) is 103 cm³/mol. The molecule has 0 bridgehead atoms. The van der Waals surface area contributed by atoms with E-state index in [1.165, 1.54) is 0 Å². The summed E-state index contributed by atoms with van der Waals surface area (Å²) in [4.78, 5) is 0. The van der Waals surface area contributed by atoms with Gasteiger partial charge in [-0.1, -0.05) is 103 Å². The minimum absolute atomic E-state index is 0. The van der Waals surface area contributed by atoms with Crippen LogP contribution in [0.1, 0.15) is 0 Å². The molecule has 0 fully saturated rings. The number of benzene rings is 4. The molecule has 0 saturated carbocycles. The summed E-state index contributed by atoms with van der Waals surface area (Å²) in [5.74, 6) is 0. The van der Waals surface area contributed by atoms with Gasteiger partial charge in [0.2, 0.25) is 0 Å². The van der Waals surface area contributed by atoms with E-state index in [0.29, 0.717) is 0 Å². The van der Waals surface area contributed by atoms with Gasteiger partial charge in [0.25, 0.3) is 0 Å². The largest absolute Gasteiger partial charge is 0.309 e. The van der Waals surface area contributed by atoms with Gasteiger partial charge in [0.05, 0.1) is 0 Å². The Bertz CT molecular complexity index is 981. The maximum atomic E-state index is 14.4. The molecule has 4 aromatic carbocycles. The first-order valence-corrected chi connectivity index (χ1v) is 9.70. The quantitative estimate of drug-likeness (QED) is 0.396. The molecule has 1 nitrogen and oxygen atoms in total. The molecule has 0 aliphatic carbocycles. The van der Waals surface area contributed by atoms with E-state index < -0.39 is 7.14 Å². The van der Waals surface area contributed by atoms with E-state index in [4.69, 9.17) is 0 Å². The van der Waals surface area contributed by atoms with Crippen molar-refractivity contribution in [3.63, 3.8) is 0 Å². The summed E-state index contributed by atoms with van der Waals surface area (Å²) in [6.07, 6.45) is 0. The van der Waals surface area contributed by atoms with E-state index in [1.807, 2.05) is 84.9 Å². The molecule has 0 saturated heterocycles. The van der Waals surface area contributed by atoms with Crippen LogP contribution in [-0.2, 0) is 4.57 Å². The second kappa shape index (κ2) is 8.10. The van der Waals surface area contributed by atoms with Crippen molar-refractivity contribution >= 4 is 33.8 Å². The Kier molecular flexibility index (Phi) is 6.07. The smallest absolute Gasteiger partial charge is 0.171 e. The molecule has 3 heteroatoms. The zero-order chi connectivity index (χ0) is 16.4. The molecule has 0 unspecified atom stereocenters. The van der Waals surface area contributed by atoms with Gasteiger partial charge in [-0.2, -0.15) is 0 Å². The van der Waals surface area contributed by atoms with Crippen LogP contribution in [0.5, 0.6) is 0 Å². The van der Waals surface area contributed by atoms with Crippen LogP contribution in [0.4, 0.5) is 0 Å². The van der Waals surface area contributed by atoms with Crippen LogP contribution in [0.3, 0.4) is 0 Å². The summed E-state index contributed by atoms with van der Waals surface area (Å²) in [6.45, 7) is 0. The van der Waals surface area contributed by atoms with Gasteiger partial charge in [0.1, 0.15) is 0 Å². The molecule has 0 aromatic heterocycles. The first-order valence-electron chi connectivity index (χ1n) is 8.00. The molecule has 4 rings (SSSR count). The van der Waals surface area contributed by atoms with Crippen molar-refractivity contribution in [3.05, 3.63) is 103 Å². The number of fused-ring (bicyclic) bond motifs is 1. The average Bonchev–Trinajstić information content (AvgIpc) is 2.68. The maximum absolute atomic E-state index is 14.4. The third kappa shape index (κ3) is 3.46. The van der Waals surface area contributed by atoms with Gasteiger partial charge in [-0.25, -0.2) is 0 Å². The fourth-order valence-electron chi connectivity index (χ4n) is 3.19. The Labute approximate surface area is 189 Å². The van der Waals surface area contributed by atoms with Gasteiger partial charge in [-0.05, 0) is 10.8 Å². The first-order chi connectivity index (χ1) is 11.8. The molecular formula is C22H17EuOP. The Morgan fingerprint density at radius 3 is 1.60 bits per heavy atom. The van der Waals surface area contributed by atoms with Crippen molar-refractivity contribution < 1.29 is 53.9 Å². The molecule has 0 spiro atoms. The zero-order valence-electron chi connectivity index (χ0n) is 13.5. The molecule has 25 heavy (non-hydrogen) atoms. The minimum Gasteiger partial charge on any atom is -0.309 e. The Morgan fingerprint density at radius 2 is 1.00 bits per heavy atom. The number of hydrogen-bond donors (Lipinski definition) is 0. The standard InChI is InChI=1S/C22H17OP.Eu/c23-24(19-12-3-1-4-13-19,20-14-5-2-6-15-20)22-17-9-11-18-10-7-8-16-21(18)22;/h1-17H;. The van der Waals surface area contributed by atoms with Crippen molar-refractivity contribution in [1.82, 2.24) is 0 Å². The minimum atomic E-state index is -2.92. The van der Waals surface area contributed by atoms with Crippen LogP contribution < -0.4 is 15.9 Å². The first kappa shape index (κ1) is 18.7. The fourth-order valence-corrected chi connectivity index (χ4v) is 6.06. The Hall–Kier alpha value is -1.05. The van der Waals surface area contributed by atoms with Crippen LogP contribution in [0.25, 0.3) is 10.8 Å². The van der Waals surface area contributed by atoms with E-state index in [2.05, 4.69) is 18.2 Å². The van der Waals surface area contributed by atoms with Gasteiger partial charge in [0, 0.05) is 65.3 Å². The SMILES string of the molecule is O=P(c1ccccc1)(c1ccccc1)c1cccc2ccccc12.[Eu]. The average molecular weight is 480 g/mol. The van der Waals surface area contributed by atoms with Gasteiger partial charge < -0.3 is 4.57 Å². The molecule has 0 aliphatic heterocycles. The molecule has 0 N–H and O–H groups in total. The predicted octanol–water partition coefficient (Wildman–Crippen LogP) is 4.48. The Balaban J connectivity index is 0.00000182. The number of hydrogen-bond acceptors (Lipinski definition) is 1. The van der Waals surface area contributed by atoms with Crippen molar-refractivity contribution in [2.75, 3.05) is 0 Å². The van der Waals surface area contributed by atoms with Crippen LogP contribution in [0, 0.1) is 49.4 Å². The van der Waals surface area contributed by atoms with E-state index in [0.717, 1.165) is 26.7 Å². The molecule has 123 valence electrons. The third-order valence-electron chi connectivity index (χ3n) is 4.35. The van der Waals surface area contributed by atoms with E-state index in [1.54, 1.807) is 0 Å². The summed E-state index contributed by atoms with van der Waals surface area (Å²) in [5, 5.41) is 4.80. The summed E-state index contributed by atoms with van der Waals surface area (Å²) >= 11 is 0. The molecule has 4 aromatic rings. The second-order valence-corrected chi connectivity index (χ2v) is 8.51. The molecule has 0 atom stereocenters. The summed E-state index contributed by atoms with van der Waals surface area (Å²) in [7, 11) is -2.92. The summed E-state index contributed by atoms with van der Waals surface area (Å²) in [5.41, 5.74) is 0. The van der Waals surface area contributed by atoms with Crippen molar-refractivity contribution in [2.24, 2.45) is 0 Å². The fraction of sp³-hybridized carbons (Fsp3) is 0. The number of rotatable bonds is 3. The molecule has 0 amide bonds. The maximum Gasteiger partial charge on any atom is 0.171 e. The van der Waals surface area contributed by atoms with Crippen LogP contribution in [0.15, 0.2) is 103 Å². The second-order valence-electron chi connectivity index (χ2n) is 5.78. The van der Waals surface area contributed by atoms with Gasteiger partial charge in [0.15, 0.2) is 7.14 Å². The van der Waals surface area contributed by atoms with Gasteiger partial charge in [-0.15, -0.1) is 0 Å². The van der Waals surface area contributed by atoms with E-state index in [9.17, 15) is 4.57 Å². The van der Waals surface area contributed by atoms with Crippen molar-refractivity contribution in [3.8, 4) is 0 Å². The van der Waals surface area contributed by atoms with Gasteiger partial charge in [-0.3, -0.25) is 0 Å². The van der Waals surface area contributed by atoms with Crippen LogP contribution >= 0.6 is 7.14 Å². The summed E-state index contributed by atoms with van der Waals surface area (Å²) in [6, 6.07) is 33.8. The normalized spacial score (nSPS) is 11.0. The third-order valence-corrected chi connectivity index (χ3v) is 7.46. The van der Waals surface area contributed by atoms with Crippen LogP contribution in [-0.4, -0.2) is 0 Å². The van der Waals surface area contributed by atoms with Crippen molar-refractivity contribution in [1.29, 1.82) is 0 Å². The Morgan fingerprint density at radius 1 is 0.520 bits per heavy atom. The monoisotopic (exact) mass is 481 g/mol. The molecule has 1 radical (unpaired) electrons. The topological polar surface area (TPSA) is 17.1 Å². The van der Waals surface area contributed by atoms with Crippen molar-refractivity contribution in [2.45, 2.75) is 0 Å². The molecule has 0 heterocycles. The van der Waals surface area contributed by atoms with E-state index >= 15 is 0 Å². The molecular weight excluding hydrogens is 463 g/mol. The van der Waals surface area contributed by atoms with E-state index in [-0.39, 0.29) is 49.4 Å².